The van der Waals surface area contributed by atoms with Crippen molar-refractivity contribution in [3.8, 4) is 0 Å². The fraction of sp³-hybridized carbons (Fsp3) is 0.941. The lowest BCUT2D eigenvalue weighted by molar-refractivity contribution is 0.0298. The van der Waals surface area contributed by atoms with Crippen molar-refractivity contribution >= 4 is 6.09 Å². The molecule has 1 aliphatic carbocycles. The Kier molecular flexibility index (Phi) is 7.50. The summed E-state index contributed by atoms with van der Waals surface area (Å²) in [6.45, 7) is 9.50. The van der Waals surface area contributed by atoms with Crippen molar-refractivity contribution < 1.29 is 9.53 Å². The van der Waals surface area contributed by atoms with Gasteiger partial charge in [0.2, 0.25) is 0 Å². The van der Waals surface area contributed by atoms with Gasteiger partial charge in [0, 0.05) is 26.2 Å². The van der Waals surface area contributed by atoms with Crippen LogP contribution in [-0.2, 0) is 4.74 Å². The number of ether oxygens (including phenoxy) is 1. The first-order valence-corrected chi connectivity index (χ1v) is 8.49. The van der Waals surface area contributed by atoms with Crippen LogP contribution in [0.5, 0.6) is 0 Å². The molecular weight excluding hydrogens is 264 g/mol. The molecule has 0 heterocycles. The highest BCUT2D eigenvalue weighted by atomic mass is 16.6. The summed E-state index contributed by atoms with van der Waals surface area (Å²) < 4.78 is 5.34. The molecule has 0 aromatic rings. The Balaban J connectivity index is 2.15. The minimum Gasteiger partial charge on any atom is -0.444 e. The van der Waals surface area contributed by atoms with Gasteiger partial charge in [-0.05, 0) is 52.4 Å². The van der Waals surface area contributed by atoms with Gasteiger partial charge in [0.15, 0.2) is 0 Å². The van der Waals surface area contributed by atoms with Gasteiger partial charge in [-0.1, -0.05) is 19.8 Å². The monoisotopic (exact) mass is 298 g/mol. The van der Waals surface area contributed by atoms with Crippen LogP contribution in [0.2, 0.25) is 0 Å². The van der Waals surface area contributed by atoms with Crippen molar-refractivity contribution in [2.45, 2.75) is 77.9 Å². The molecule has 0 spiro atoms. The molecule has 0 unspecified atom stereocenters. The number of hydrogen-bond acceptors (Lipinski definition) is 3. The van der Waals surface area contributed by atoms with Crippen LogP contribution in [-0.4, -0.2) is 42.8 Å². The number of likely N-dealkylation sites (N-methyl/N-ethyl adjacent to an activating group) is 1. The molecule has 0 atom stereocenters. The highest BCUT2D eigenvalue weighted by Crippen LogP contribution is 2.27. The summed E-state index contributed by atoms with van der Waals surface area (Å²) in [5.41, 5.74) is -0.420. The van der Waals surface area contributed by atoms with Crippen LogP contribution < -0.4 is 5.32 Å². The maximum atomic E-state index is 11.8. The van der Waals surface area contributed by atoms with Gasteiger partial charge in [-0.15, -0.1) is 0 Å². The minimum absolute atomic E-state index is 0.240. The molecule has 4 nitrogen and oxygen atoms in total. The van der Waals surface area contributed by atoms with Gasteiger partial charge in [0.05, 0.1) is 0 Å². The van der Waals surface area contributed by atoms with E-state index in [2.05, 4.69) is 12.2 Å². The van der Waals surface area contributed by atoms with Crippen molar-refractivity contribution in [3.05, 3.63) is 0 Å². The molecule has 1 N–H and O–H groups in total. The third kappa shape index (κ3) is 7.70. The molecular formula is C17H34N2O2. The van der Waals surface area contributed by atoms with E-state index in [1.54, 1.807) is 11.9 Å². The summed E-state index contributed by atoms with van der Waals surface area (Å²) in [5, 5.41) is 3.58. The molecule has 0 bridgehead atoms. The van der Waals surface area contributed by atoms with Crippen molar-refractivity contribution in [1.29, 1.82) is 0 Å². The second kappa shape index (κ2) is 8.62. The maximum absolute atomic E-state index is 11.8. The predicted molar refractivity (Wildman–Crippen MR) is 87.5 cm³/mol. The number of nitrogens with zero attached hydrogens (tertiary/aromatic N) is 1. The van der Waals surface area contributed by atoms with Crippen LogP contribution in [0.3, 0.4) is 0 Å². The number of rotatable bonds is 6. The van der Waals surface area contributed by atoms with E-state index >= 15 is 0 Å². The topological polar surface area (TPSA) is 41.6 Å². The summed E-state index contributed by atoms with van der Waals surface area (Å²) >= 11 is 0. The zero-order valence-corrected chi connectivity index (χ0v) is 14.6. The second-order valence-corrected chi connectivity index (χ2v) is 7.36. The Morgan fingerprint density at radius 3 is 2.38 bits per heavy atom. The van der Waals surface area contributed by atoms with Crippen LogP contribution >= 0.6 is 0 Å². The standard InChI is InChI=1S/C17H34N2O2/c1-6-7-14-8-10-15(11-9-14)18-12-13-19(5)16(20)21-17(2,3)4/h14-15,18H,6-13H2,1-5H3. The molecule has 4 heteroatoms. The number of carbonyl (C=O) groups excluding carboxylic acids is 1. The Morgan fingerprint density at radius 2 is 1.86 bits per heavy atom. The molecule has 21 heavy (non-hydrogen) atoms. The summed E-state index contributed by atoms with van der Waals surface area (Å²) in [4.78, 5) is 13.5. The van der Waals surface area contributed by atoms with Crippen molar-refractivity contribution in [1.82, 2.24) is 10.2 Å². The molecule has 1 saturated carbocycles. The van der Waals surface area contributed by atoms with E-state index in [1.165, 1.54) is 38.5 Å². The molecule has 1 aliphatic rings. The summed E-state index contributed by atoms with van der Waals surface area (Å²) in [7, 11) is 1.80. The lowest BCUT2D eigenvalue weighted by Gasteiger charge is -2.30. The van der Waals surface area contributed by atoms with Gasteiger partial charge in [-0.3, -0.25) is 0 Å². The fourth-order valence-corrected chi connectivity index (χ4v) is 2.93. The van der Waals surface area contributed by atoms with Gasteiger partial charge in [0.25, 0.3) is 0 Å². The largest absolute Gasteiger partial charge is 0.444 e. The third-order valence-corrected chi connectivity index (χ3v) is 4.13. The molecule has 0 radical (unpaired) electrons. The minimum atomic E-state index is -0.420. The number of amides is 1. The second-order valence-electron chi connectivity index (χ2n) is 7.36. The SMILES string of the molecule is CCCC1CCC(NCCN(C)C(=O)OC(C)(C)C)CC1. The van der Waals surface area contributed by atoms with E-state index < -0.39 is 5.60 Å². The molecule has 0 aromatic heterocycles. The number of carbonyl (C=O) groups is 1. The van der Waals surface area contributed by atoms with E-state index in [9.17, 15) is 4.79 Å². The van der Waals surface area contributed by atoms with E-state index in [-0.39, 0.29) is 6.09 Å². The molecule has 0 saturated heterocycles. The first-order valence-electron chi connectivity index (χ1n) is 8.49. The molecule has 1 fully saturated rings. The zero-order valence-electron chi connectivity index (χ0n) is 14.6. The van der Waals surface area contributed by atoms with E-state index in [0.29, 0.717) is 12.6 Å². The number of hydrogen-bond donors (Lipinski definition) is 1. The van der Waals surface area contributed by atoms with Crippen LogP contribution in [0, 0.1) is 5.92 Å². The zero-order chi connectivity index (χ0) is 15.9. The Hall–Kier alpha value is -0.770. The predicted octanol–water partition coefficient (Wildman–Crippen LogP) is 3.80. The number of nitrogens with one attached hydrogen (secondary N) is 1. The summed E-state index contributed by atoms with van der Waals surface area (Å²) in [6.07, 6.45) is 7.72. The quantitative estimate of drug-likeness (QED) is 0.811. The molecule has 1 rings (SSSR count). The summed E-state index contributed by atoms with van der Waals surface area (Å²) in [6, 6.07) is 0.630. The van der Waals surface area contributed by atoms with Gasteiger partial charge >= 0.3 is 6.09 Å². The smallest absolute Gasteiger partial charge is 0.410 e. The van der Waals surface area contributed by atoms with Crippen LogP contribution in [0.15, 0.2) is 0 Å². The van der Waals surface area contributed by atoms with Crippen molar-refractivity contribution in [2.75, 3.05) is 20.1 Å². The fourth-order valence-electron chi connectivity index (χ4n) is 2.93. The van der Waals surface area contributed by atoms with Gasteiger partial charge in [-0.2, -0.15) is 0 Å². The van der Waals surface area contributed by atoms with Gasteiger partial charge in [-0.25, -0.2) is 4.79 Å². The van der Waals surface area contributed by atoms with Crippen LogP contribution in [0.1, 0.15) is 66.2 Å². The first kappa shape index (κ1) is 18.3. The molecule has 1 amide bonds. The van der Waals surface area contributed by atoms with Crippen molar-refractivity contribution in [2.24, 2.45) is 5.92 Å². The average molecular weight is 298 g/mol. The molecule has 0 aliphatic heterocycles. The summed E-state index contributed by atoms with van der Waals surface area (Å²) in [5.74, 6) is 0.942. The lowest BCUT2D eigenvalue weighted by Crippen LogP contribution is -2.41. The lowest BCUT2D eigenvalue weighted by atomic mass is 9.83. The highest BCUT2D eigenvalue weighted by Gasteiger charge is 2.21. The molecule has 124 valence electrons. The average Bonchev–Trinajstić information content (AvgIpc) is 2.39. The van der Waals surface area contributed by atoms with Crippen LogP contribution in [0.25, 0.3) is 0 Å². The van der Waals surface area contributed by atoms with Gasteiger partial charge < -0.3 is 15.0 Å². The third-order valence-electron chi connectivity index (χ3n) is 4.13. The Labute approximate surface area is 130 Å². The van der Waals surface area contributed by atoms with E-state index in [4.69, 9.17) is 4.74 Å². The Bertz CT molecular complexity index is 304. The van der Waals surface area contributed by atoms with Crippen molar-refractivity contribution in [3.63, 3.8) is 0 Å². The van der Waals surface area contributed by atoms with Crippen LogP contribution in [0.4, 0.5) is 4.79 Å². The normalized spacial score (nSPS) is 22.9. The highest BCUT2D eigenvalue weighted by molar-refractivity contribution is 5.67. The first-order chi connectivity index (χ1) is 9.81. The Morgan fingerprint density at radius 1 is 1.24 bits per heavy atom. The maximum Gasteiger partial charge on any atom is 0.410 e. The van der Waals surface area contributed by atoms with Gasteiger partial charge in [0.1, 0.15) is 5.60 Å². The van der Waals surface area contributed by atoms with E-state index in [1.807, 2.05) is 20.8 Å². The molecule has 0 aromatic carbocycles. The van der Waals surface area contributed by atoms with E-state index in [0.717, 1.165) is 12.5 Å².